The molecular weight excluding hydrogens is 358 g/mol. The molecule has 0 saturated carbocycles. The lowest BCUT2D eigenvalue weighted by atomic mass is 9.94. The summed E-state index contributed by atoms with van der Waals surface area (Å²) in [5.74, 6) is 1.41. The Labute approximate surface area is 167 Å². The average molecular weight is 389 g/mol. The maximum atomic E-state index is 12.8. The predicted octanol–water partition coefficient (Wildman–Crippen LogP) is 1.72. The highest BCUT2D eigenvalue weighted by molar-refractivity contribution is 5.95. The summed E-state index contributed by atoms with van der Waals surface area (Å²) in [6.07, 6.45) is 1.46. The lowest BCUT2D eigenvalue weighted by Gasteiger charge is -2.38. The van der Waals surface area contributed by atoms with E-state index in [0.29, 0.717) is 30.2 Å². The number of carbonyl (C=O) groups is 2. The molecule has 0 N–H and O–H groups in total. The first-order chi connectivity index (χ1) is 13.6. The summed E-state index contributed by atoms with van der Waals surface area (Å²) in [4.78, 5) is 31.9. The van der Waals surface area contributed by atoms with Crippen LogP contribution in [-0.2, 0) is 4.79 Å². The Bertz CT molecular complexity index is 693. The first-order valence-electron chi connectivity index (χ1n) is 10.1. The van der Waals surface area contributed by atoms with Gasteiger partial charge in [-0.25, -0.2) is 0 Å². The van der Waals surface area contributed by atoms with Crippen molar-refractivity contribution in [1.82, 2.24) is 14.7 Å². The van der Waals surface area contributed by atoms with Gasteiger partial charge in [0.2, 0.25) is 5.91 Å². The van der Waals surface area contributed by atoms with E-state index in [-0.39, 0.29) is 17.7 Å². The van der Waals surface area contributed by atoms with Gasteiger partial charge < -0.3 is 24.2 Å². The molecule has 2 amide bonds. The van der Waals surface area contributed by atoms with Gasteiger partial charge in [-0.05, 0) is 37.6 Å². The molecule has 2 aliphatic rings. The van der Waals surface area contributed by atoms with Crippen molar-refractivity contribution in [3.8, 4) is 11.5 Å². The summed E-state index contributed by atoms with van der Waals surface area (Å²) >= 11 is 0. The molecule has 2 aliphatic heterocycles. The van der Waals surface area contributed by atoms with Crippen molar-refractivity contribution < 1.29 is 19.1 Å². The van der Waals surface area contributed by atoms with Gasteiger partial charge in [0.15, 0.2) is 11.5 Å². The van der Waals surface area contributed by atoms with Crippen LogP contribution < -0.4 is 9.47 Å². The number of hydrogen-bond donors (Lipinski definition) is 0. The minimum absolute atomic E-state index is 0.0246. The van der Waals surface area contributed by atoms with Crippen molar-refractivity contribution in [2.75, 3.05) is 60.0 Å². The summed E-state index contributed by atoms with van der Waals surface area (Å²) in [5, 5.41) is 0. The highest BCUT2D eigenvalue weighted by Gasteiger charge is 2.32. The lowest BCUT2D eigenvalue weighted by Crippen LogP contribution is -2.51. The second-order valence-electron chi connectivity index (χ2n) is 7.40. The molecule has 0 radical (unpaired) electrons. The molecule has 2 heterocycles. The topological polar surface area (TPSA) is 62.3 Å². The normalized spacial score (nSPS) is 18.8. The molecule has 7 heteroatoms. The predicted molar refractivity (Wildman–Crippen MR) is 107 cm³/mol. The minimum Gasteiger partial charge on any atom is -0.493 e. The van der Waals surface area contributed by atoms with Crippen molar-refractivity contribution >= 4 is 11.8 Å². The van der Waals surface area contributed by atoms with Gasteiger partial charge in [-0.15, -0.1) is 0 Å². The molecule has 3 rings (SSSR count). The maximum Gasteiger partial charge on any atom is 0.253 e. The zero-order valence-electron chi connectivity index (χ0n) is 17.1. The summed E-state index contributed by atoms with van der Waals surface area (Å²) in [7, 11) is 3.13. The van der Waals surface area contributed by atoms with E-state index in [0.717, 1.165) is 45.6 Å². The number of likely N-dealkylation sites (tertiary alicyclic amines) is 1. The van der Waals surface area contributed by atoms with E-state index < -0.39 is 0 Å². The number of benzene rings is 1. The van der Waals surface area contributed by atoms with Crippen LogP contribution in [0.25, 0.3) is 0 Å². The van der Waals surface area contributed by atoms with E-state index in [1.807, 2.05) is 9.80 Å². The van der Waals surface area contributed by atoms with E-state index in [9.17, 15) is 9.59 Å². The van der Waals surface area contributed by atoms with Gasteiger partial charge in [-0.1, -0.05) is 6.92 Å². The largest absolute Gasteiger partial charge is 0.493 e. The van der Waals surface area contributed by atoms with Crippen LogP contribution >= 0.6 is 0 Å². The Kier molecular flexibility index (Phi) is 6.78. The molecule has 0 aromatic heterocycles. The first kappa shape index (κ1) is 20.5. The quantitative estimate of drug-likeness (QED) is 0.767. The second kappa shape index (κ2) is 9.28. The van der Waals surface area contributed by atoms with Crippen molar-refractivity contribution in [2.45, 2.75) is 19.8 Å². The van der Waals surface area contributed by atoms with Crippen molar-refractivity contribution in [2.24, 2.45) is 5.92 Å². The molecule has 2 fully saturated rings. The van der Waals surface area contributed by atoms with Crippen molar-refractivity contribution in [3.63, 3.8) is 0 Å². The van der Waals surface area contributed by atoms with E-state index >= 15 is 0 Å². The molecule has 0 bridgehead atoms. The fourth-order valence-corrected chi connectivity index (χ4v) is 4.02. The molecule has 0 unspecified atom stereocenters. The van der Waals surface area contributed by atoms with Crippen molar-refractivity contribution in [1.29, 1.82) is 0 Å². The van der Waals surface area contributed by atoms with E-state index in [4.69, 9.17) is 9.47 Å². The highest BCUT2D eigenvalue weighted by atomic mass is 16.5. The van der Waals surface area contributed by atoms with Crippen LogP contribution in [0.5, 0.6) is 11.5 Å². The fraction of sp³-hybridized carbons (Fsp3) is 0.619. The van der Waals surface area contributed by atoms with Gasteiger partial charge in [0, 0.05) is 50.7 Å². The van der Waals surface area contributed by atoms with Crippen LogP contribution in [0.1, 0.15) is 30.1 Å². The number of piperazine rings is 1. The number of ether oxygens (including phenoxy) is 2. The monoisotopic (exact) mass is 389 g/mol. The molecule has 0 spiro atoms. The van der Waals surface area contributed by atoms with Crippen LogP contribution in [0.15, 0.2) is 18.2 Å². The highest BCUT2D eigenvalue weighted by Crippen LogP contribution is 2.29. The zero-order valence-corrected chi connectivity index (χ0v) is 17.1. The number of nitrogens with zero attached hydrogens (tertiary/aromatic N) is 3. The van der Waals surface area contributed by atoms with E-state index in [1.165, 1.54) is 0 Å². The number of amides is 2. The van der Waals surface area contributed by atoms with Gasteiger partial charge in [-0.3, -0.25) is 9.59 Å². The number of rotatable bonds is 5. The minimum atomic E-state index is -0.0246. The van der Waals surface area contributed by atoms with Gasteiger partial charge in [0.05, 0.1) is 14.2 Å². The van der Waals surface area contributed by atoms with Crippen LogP contribution in [-0.4, -0.2) is 86.5 Å². The Hall–Kier alpha value is -2.28. The summed E-state index contributed by atoms with van der Waals surface area (Å²) < 4.78 is 10.5. The molecular formula is C21H31N3O4. The lowest BCUT2D eigenvalue weighted by molar-refractivity contribution is -0.138. The summed E-state index contributed by atoms with van der Waals surface area (Å²) in [5.41, 5.74) is 0.582. The number of methoxy groups -OCH3 is 2. The van der Waals surface area contributed by atoms with Gasteiger partial charge in [-0.2, -0.15) is 0 Å². The fourth-order valence-electron chi connectivity index (χ4n) is 4.02. The Morgan fingerprint density at radius 1 is 0.929 bits per heavy atom. The van der Waals surface area contributed by atoms with Crippen LogP contribution in [0.3, 0.4) is 0 Å². The third-order valence-electron chi connectivity index (χ3n) is 5.89. The molecule has 7 nitrogen and oxygen atoms in total. The number of carbonyl (C=O) groups excluding carboxylic acids is 2. The number of hydrogen-bond acceptors (Lipinski definition) is 5. The van der Waals surface area contributed by atoms with Gasteiger partial charge in [0.1, 0.15) is 0 Å². The van der Waals surface area contributed by atoms with Crippen LogP contribution in [0.4, 0.5) is 0 Å². The molecule has 28 heavy (non-hydrogen) atoms. The van der Waals surface area contributed by atoms with E-state index in [2.05, 4.69) is 11.8 Å². The van der Waals surface area contributed by atoms with Gasteiger partial charge in [0.25, 0.3) is 5.91 Å². The van der Waals surface area contributed by atoms with E-state index in [1.54, 1.807) is 32.4 Å². The average Bonchev–Trinajstić information content (AvgIpc) is 2.77. The number of piperidine rings is 1. The Morgan fingerprint density at radius 3 is 2.14 bits per heavy atom. The standard InChI is InChI=1S/C21H31N3O4/c1-4-22-11-13-24(14-12-22)20(25)16-7-9-23(10-8-16)21(26)17-5-6-18(27-2)19(15-17)28-3/h5-6,15-16H,4,7-14H2,1-3H3. The third kappa shape index (κ3) is 4.41. The third-order valence-corrected chi connectivity index (χ3v) is 5.89. The molecule has 0 aliphatic carbocycles. The summed E-state index contributed by atoms with van der Waals surface area (Å²) in [6, 6.07) is 5.22. The summed E-state index contributed by atoms with van der Waals surface area (Å²) in [6.45, 7) is 7.96. The molecule has 1 aromatic carbocycles. The van der Waals surface area contributed by atoms with Gasteiger partial charge >= 0.3 is 0 Å². The van der Waals surface area contributed by atoms with Crippen LogP contribution in [0, 0.1) is 5.92 Å². The maximum absolute atomic E-state index is 12.8. The molecule has 154 valence electrons. The molecule has 0 atom stereocenters. The van der Waals surface area contributed by atoms with Crippen LogP contribution in [0.2, 0.25) is 0 Å². The Morgan fingerprint density at radius 2 is 1.57 bits per heavy atom. The first-order valence-corrected chi connectivity index (χ1v) is 10.1. The Balaban J connectivity index is 1.55. The molecule has 1 aromatic rings. The zero-order chi connectivity index (χ0) is 20.1. The second-order valence-corrected chi connectivity index (χ2v) is 7.40. The smallest absolute Gasteiger partial charge is 0.253 e. The number of likely N-dealkylation sites (N-methyl/N-ethyl adjacent to an activating group) is 1. The SMILES string of the molecule is CCN1CCN(C(=O)C2CCN(C(=O)c3ccc(OC)c(OC)c3)CC2)CC1. The molecule has 2 saturated heterocycles. The van der Waals surface area contributed by atoms with Crippen molar-refractivity contribution in [3.05, 3.63) is 23.8 Å².